The highest BCUT2D eigenvalue weighted by atomic mass is 16.8. The summed E-state index contributed by atoms with van der Waals surface area (Å²) in [6.07, 6.45) is 4.14. The standard InChI is InChI=1S/C12H22O3.C9H12O.C3H6O/c1-6-8(2)7-10-11(9(3)13)15-12(4,5)14-10;1-3-8-4-6-9(10-2)7-5-8;1-2-3-4/h8,10-11H,6-7H2,1-5H3;4-7H,3H2,1-2H3;3H,2H2,1H3. The van der Waals surface area contributed by atoms with E-state index in [-0.39, 0.29) is 18.0 Å². The number of hydrogen-bond acceptors (Lipinski definition) is 5. The summed E-state index contributed by atoms with van der Waals surface area (Å²) in [5.41, 5.74) is 1.35. The van der Waals surface area contributed by atoms with Gasteiger partial charge >= 0.3 is 0 Å². The molecular formula is C24H40O5. The summed E-state index contributed by atoms with van der Waals surface area (Å²) in [5.74, 6) is 0.939. The molecule has 1 fully saturated rings. The van der Waals surface area contributed by atoms with E-state index >= 15 is 0 Å². The Morgan fingerprint density at radius 3 is 2.10 bits per heavy atom. The zero-order chi connectivity index (χ0) is 22.4. The first-order valence-corrected chi connectivity index (χ1v) is 10.6. The van der Waals surface area contributed by atoms with Crippen molar-refractivity contribution in [3.05, 3.63) is 29.8 Å². The SMILES string of the molecule is CCC(C)CC1OC(C)(C)OC1C(C)=O.CCC=O.CCc1ccc(OC)cc1. The van der Waals surface area contributed by atoms with E-state index in [1.165, 1.54) is 5.56 Å². The Kier molecular flexibility index (Phi) is 13.4. The molecule has 1 heterocycles. The zero-order valence-corrected chi connectivity index (χ0v) is 19.5. The first kappa shape index (κ1) is 27.3. The van der Waals surface area contributed by atoms with Crippen LogP contribution >= 0.6 is 0 Å². The highest BCUT2D eigenvalue weighted by Crippen LogP contribution is 2.32. The Balaban J connectivity index is 0.000000481. The monoisotopic (exact) mass is 408 g/mol. The minimum absolute atomic E-state index is 0.0638. The van der Waals surface area contributed by atoms with Crippen LogP contribution in [-0.2, 0) is 25.5 Å². The smallest absolute Gasteiger partial charge is 0.164 e. The van der Waals surface area contributed by atoms with Gasteiger partial charge in [-0.3, -0.25) is 4.79 Å². The van der Waals surface area contributed by atoms with Crippen LogP contribution in [0.5, 0.6) is 5.75 Å². The van der Waals surface area contributed by atoms with Crippen LogP contribution in [0.25, 0.3) is 0 Å². The third-order valence-electron chi connectivity index (χ3n) is 4.65. The molecule has 0 N–H and O–H groups in total. The maximum Gasteiger partial charge on any atom is 0.164 e. The van der Waals surface area contributed by atoms with Crippen molar-refractivity contribution in [2.24, 2.45) is 5.92 Å². The number of ketones is 1. The van der Waals surface area contributed by atoms with Gasteiger partial charge in [-0.05, 0) is 57.2 Å². The lowest BCUT2D eigenvalue weighted by atomic mass is 9.97. The van der Waals surface area contributed by atoms with E-state index in [0.717, 1.165) is 31.3 Å². The van der Waals surface area contributed by atoms with Crippen LogP contribution in [0.15, 0.2) is 24.3 Å². The van der Waals surface area contributed by atoms with Gasteiger partial charge < -0.3 is 19.0 Å². The van der Waals surface area contributed by atoms with Crippen LogP contribution in [0.4, 0.5) is 0 Å². The highest BCUT2D eigenvalue weighted by Gasteiger charge is 2.43. The van der Waals surface area contributed by atoms with Gasteiger partial charge in [-0.25, -0.2) is 0 Å². The third-order valence-corrected chi connectivity index (χ3v) is 4.65. The summed E-state index contributed by atoms with van der Waals surface area (Å²) in [7, 11) is 1.68. The maximum absolute atomic E-state index is 11.4. The van der Waals surface area contributed by atoms with Crippen molar-refractivity contribution in [3.8, 4) is 5.75 Å². The molecule has 1 aromatic carbocycles. The molecule has 5 nitrogen and oxygen atoms in total. The second kappa shape index (κ2) is 14.3. The van der Waals surface area contributed by atoms with Gasteiger partial charge in [-0.2, -0.15) is 0 Å². The first-order valence-electron chi connectivity index (χ1n) is 10.6. The number of methoxy groups -OCH3 is 1. The molecule has 29 heavy (non-hydrogen) atoms. The number of aldehydes is 1. The lowest BCUT2D eigenvalue weighted by Crippen LogP contribution is -2.30. The molecule has 3 unspecified atom stereocenters. The Bertz CT molecular complexity index is 556. The first-order chi connectivity index (χ1) is 13.6. The van der Waals surface area contributed by atoms with Crippen LogP contribution in [0, 0.1) is 5.92 Å². The number of carbonyl (C=O) groups is 2. The number of rotatable bonds is 7. The second-order valence-electron chi connectivity index (χ2n) is 7.73. The predicted octanol–water partition coefficient (Wildman–Crippen LogP) is 5.38. The summed E-state index contributed by atoms with van der Waals surface area (Å²) in [6.45, 7) is 13.6. The number of benzene rings is 1. The number of carbonyl (C=O) groups excluding carboxylic acids is 2. The summed E-state index contributed by atoms with van der Waals surface area (Å²) >= 11 is 0. The predicted molar refractivity (Wildman–Crippen MR) is 117 cm³/mol. The van der Waals surface area contributed by atoms with E-state index in [1.807, 2.05) is 32.9 Å². The van der Waals surface area contributed by atoms with Crippen molar-refractivity contribution in [1.82, 2.24) is 0 Å². The van der Waals surface area contributed by atoms with Gasteiger partial charge in [0.05, 0.1) is 13.2 Å². The minimum atomic E-state index is -0.617. The fraction of sp³-hybridized carbons (Fsp3) is 0.667. The van der Waals surface area contributed by atoms with E-state index in [0.29, 0.717) is 12.3 Å². The van der Waals surface area contributed by atoms with Gasteiger partial charge in [0.25, 0.3) is 0 Å². The minimum Gasteiger partial charge on any atom is -0.497 e. The van der Waals surface area contributed by atoms with Crippen molar-refractivity contribution in [1.29, 1.82) is 0 Å². The van der Waals surface area contributed by atoms with E-state index in [4.69, 9.17) is 14.2 Å². The third kappa shape index (κ3) is 11.1. The number of ether oxygens (including phenoxy) is 3. The van der Waals surface area contributed by atoms with Gasteiger partial charge in [-0.15, -0.1) is 0 Å². The molecule has 0 saturated carbocycles. The van der Waals surface area contributed by atoms with Crippen molar-refractivity contribution < 1.29 is 23.8 Å². The molecule has 0 amide bonds. The Morgan fingerprint density at radius 2 is 1.72 bits per heavy atom. The second-order valence-corrected chi connectivity index (χ2v) is 7.73. The molecule has 1 aliphatic rings. The fourth-order valence-corrected chi connectivity index (χ4v) is 2.78. The molecule has 1 aliphatic heterocycles. The average molecular weight is 409 g/mol. The van der Waals surface area contributed by atoms with Gasteiger partial charge in [0.1, 0.15) is 18.1 Å². The zero-order valence-electron chi connectivity index (χ0n) is 19.5. The number of aryl methyl sites for hydroxylation is 1. The van der Waals surface area contributed by atoms with Gasteiger partial charge in [-0.1, -0.05) is 46.2 Å². The Hall–Kier alpha value is -1.72. The molecule has 0 spiro atoms. The molecule has 1 aromatic rings. The van der Waals surface area contributed by atoms with Crippen LogP contribution in [0.3, 0.4) is 0 Å². The van der Waals surface area contributed by atoms with Crippen molar-refractivity contribution in [2.75, 3.05) is 7.11 Å². The van der Waals surface area contributed by atoms with Crippen molar-refractivity contribution >= 4 is 12.1 Å². The largest absolute Gasteiger partial charge is 0.497 e. The summed E-state index contributed by atoms with van der Waals surface area (Å²) in [5, 5.41) is 0. The lowest BCUT2D eigenvalue weighted by Gasteiger charge is -2.18. The van der Waals surface area contributed by atoms with Crippen LogP contribution in [0.2, 0.25) is 0 Å². The molecule has 2 rings (SSSR count). The fourth-order valence-electron chi connectivity index (χ4n) is 2.78. The van der Waals surface area contributed by atoms with Crippen LogP contribution < -0.4 is 4.74 Å². The molecule has 1 saturated heterocycles. The molecule has 0 aliphatic carbocycles. The van der Waals surface area contributed by atoms with Crippen molar-refractivity contribution in [3.63, 3.8) is 0 Å². The van der Waals surface area contributed by atoms with E-state index in [2.05, 4.69) is 32.9 Å². The maximum atomic E-state index is 11.4. The average Bonchev–Trinajstić information content (AvgIpc) is 3.02. The quantitative estimate of drug-likeness (QED) is 0.567. The molecule has 0 aromatic heterocycles. The van der Waals surface area contributed by atoms with E-state index in [9.17, 15) is 9.59 Å². The molecule has 3 atom stereocenters. The highest BCUT2D eigenvalue weighted by molar-refractivity contribution is 5.81. The van der Waals surface area contributed by atoms with E-state index < -0.39 is 5.79 Å². The number of hydrogen-bond donors (Lipinski definition) is 0. The molecule has 166 valence electrons. The topological polar surface area (TPSA) is 61.8 Å². The molecule has 0 radical (unpaired) electrons. The molecular weight excluding hydrogens is 368 g/mol. The van der Waals surface area contributed by atoms with Gasteiger partial charge in [0.15, 0.2) is 11.6 Å². The van der Waals surface area contributed by atoms with E-state index in [1.54, 1.807) is 14.0 Å². The summed E-state index contributed by atoms with van der Waals surface area (Å²) in [4.78, 5) is 20.6. The Morgan fingerprint density at radius 1 is 1.17 bits per heavy atom. The summed E-state index contributed by atoms with van der Waals surface area (Å²) < 4.78 is 16.4. The van der Waals surface area contributed by atoms with Crippen LogP contribution in [-0.4, -0.2) is 37.2 Å². The van der Waals surface area contributed by atoms with Gasteiger partial charge in [0, 0.05) is 6.42 Å². The molecule has 0 bridgehead atoms. The normalized spacial score (nSPS) is 20.4. The van der Waals surface area contributed by atoms with Crippen molar-refractivity contribution in [2.45, 2.75) is 92.1 Å². The summed E-state index contributed by atoms with van der Waals surface area (Å²) in [6, 6.07) is 8.13. The van der Waals surface area contributed by atoms with Crippen LogP contribution in [0.1, 0.15) is 73.3 Å². The lowest BCUT2D eigenvalue weighted by molar-refractivity contribution is -0.154. The Labute approximate surface area is 177 Å². The molecule has 5 heteroatoms. The number of Topliss-reactive ketones (excluding diaryl/α,β-unsaturated/α-hetero) is 1. The van der Waals surface area contributed by atoms with Gasteiger partial charge in [0.2, 0.25) is 0 Å².